The van der Waals surface area contributed by atoms with Gasteiger partial charge in [0.25, 0.3) is 0 Å². The monoisotopic (exact) mass is 424 g/mol. The van der Waals surface area contributed by atoms with Crippen molar-refractivity contribution >= 4 is 27.3 Å². The molecule has 0 atom stereocenters. The number of nitrogens with one attached hydrogen (secondary N) is 1. The minimum atomic E-state index is -3.79. The zero-order valence-corrected chi connectivity index (χ0v) is 17.7. The number of carbonyl (C=O) groups excluding carboxylic acids is 1. The van der Waals surface area contributed by atoms with Crippen LogP contribution >= 0.6 is 0 Å². The maximum atomic E-state index is 12.6. The molecule has 0 unspecified atom stereocenters. The highest BCUT2D eigenvalue weighted by Crippen LogP contribution is 2.34. The van der Waals surface area contributed by atoms with Crippen molar-refractivity contribution in [3.8, 4) is 23.0 Å². The normalized spacial score (nSPS) is 10.8. The van der Waals surface area contributed by atoms with Crippen LogP contribution in [0.1, 0.15) is 0 Å². The first-order chi connectivity index (χ1) is 13.7. The number of benzene rings is 2. The SMILES string of the molecule is COc1ccc(OC)c(N(CC(=O)Nc2ccc(OC)c(OC)c2)S(C)(=O)=O)c1. The number of sulfonamides is 1. The summed E-state index contributed by atoms with van der Waals surface area (Å²) in [5.74, 6) is 1.10. The second-order valence-electron chi connectivity index (χ2n) is 5.93. The summed E-state index contributed by atoms with van der Waals surface area (Å²) in [7, 11) is 2.05. The Kier molecular flexibility index (Phi) is 7.16. The number of rotatable bonds is 9. The molecule has 1 amide bonds. The maximum absolute atomic E-state index is 12.6. The standard InChI is InChI=1S/C19H24N2O7S/c1-25-14-7-9-16(26-2)15(11-14)21(29(5,23)24)12-19(22)20-13-6-8-17(27-3)18(10-13)28-4/h6-11H,12H2,1-5H3,(H,20,22). The Labute approximate surface area is 170 Å². The molecule has 0 aliphatic carbocycles. The summed E-state index contributed by atoms with van der Waals surface area (Å²) in [4.78, 5) is 12.6. The van der Waals surface area contributed by atoms with Gasteiger partial charge in [0.15, 0.2) is 11.5 Å². The van der Waals surface area contributed by atoms with E-state index < -0.39 is 22.5 Å². The molecule has 0 heterocycles. The molecule has 0 fully saturated rings. The van der Waals surface area contributed by atoms with Crippen LogP contribution in [-0.2, 0) is 14.8 Å². The Balaban J connectivity index is 2.31. The van der Waals surface area contributed by atoms with E-state index in [0.29, 0.717) is 22.9 Å². The van der Waals surface area contributed by atoms with Crippen LogP contribution in [0.2, 0.25) is 0 Å². The van der Waals surface area contributed by atoms with Gasteiger partial charge in [0.2, 0.25) is 15.9 Å². The van der Waals surface area contributed by atoms with Crippen molar-refractivity contribution in [3.05, 3.63) is 36.4 Å². The third-order valence-corrected chi connectivity index (χ3v) is 5.14. The fourth-order valence-corrected chi connectivity index (χ4v) is 3.47. The van der Waals surface area contributed by atoms with Crippen LogP contribution < -0.4 is 28.6 Å². The van der Waals surface area contributed by atoms with Crippen molar-refractivity contribution in [2.24, 2.45) is 0 Å². The highest BCUT2D eigenvalue weighted by Gasteiger charge is 2.25. The number of methoxy groups -OCH3 is 4. The number of ether oxygens (including phenoxy) is 4. The Morgan fingerprint density at radius 1 is 0.897 bits per heavy atom. The quantitative estimate of drug-likeness (QED) is 0.658. The van der Waals surface area contributed by atoms with Gasteiger partial charge in [-0.15, -0.1) is 0 Å². The van der Waals surface area contributed by atoms with Gasteiger partial charge in [0.1, 0.15) is 18.0 Å². The Hall–Kier alpha value is -3.14. The van der Waals surface area contributed by atoms with Crippen LogP contribution in [0, 0.1) is 0 Å². The van der Waals surface area contributed by atoms with Gasteiger partial charge in [0, 0.05) is 17.8 Å². The smallest absolute Gasteiger partial charge is 0.245 e. The van der Waals surface area contributed by atoms with Crippen molar-refractivity contribution in [2.45, 2.75) is 0 Å². The molecule has 10 heteroatoms. The van der Waals surface area contributed by atoms with Crippen molar-refractivity contribution in [2.75, 3.05) is 50.9 Å². The van der Waals surface area contributed by atoms with Gasteiger partial charge in [-0.3, -0.25) is 9.10 Å². The van der Waals surface area contributed by atoms with E-state index in [9.17, 15) is 13.2 Å². The summed E-state index contributed by atoms with van der Waals surface area (Å²) in [6, 6.07) is 9.52. The van der Waals surface area contributed by atoms with E-state index in [1.165, 1.54) is 34.5 Å². The summed E-state index contributed by atoms with van der Waals surface area (Å²) in [5, 5.41) is 2.65. The highest BCUT2D eigenvalue weighted by molar-refractivity contribution is 7.92. The molecule has 2 aromatic rings. The van der Waals surface area contributed by atoms with Gasteiger partial charge in [-0.25, -0.2) is 8.42 Å². The molecule has 2 rings (SSSR count). The number of carbonyl (C=O) groups is 1. The van der Waals surface area contributed by atoms with Crippen molar-refractivity contribution < 1.29 is 32.2 Å². The van der Waals surface area contributed by atoms with E-state index in [4.69, 9.17) is 18.9 Å². The van der Waals surface area contributed by atoms with Gasteiger partial charge in [-0.2, -0.15) is 0 Å². The molecular formula is C19H24N2O7S. The van der Waals surface area contributed by atoms with Crippen LogP contribution in [0.4, 0.5) is 11.4 Å². The molecule has 158 valence electrons. The molecule has 0 aliphatic rings. The van der Waals surface area contributed by atoms with E-state index in [1.807, 2.05) is 0 Å². The molecule has 0 aliphatic heterocycles. The molecule has 1 N–H and O–H groups in total. The first-order valence-electron chi connectivity index (χ1n) is 8.45. The summed E-state index contributed by atoms with van der Waals surface area (Å²) in [6.45, 7) is -0.462. The van der Waals surface area contributed by atoms with E-state index in [2.05, 4.69) is 5.32 Å². The molecule has 0 spiro atoms. The average Bonchev–Trinajstić information content (AvgIpc) is 2.70. The van der Waals surface area contributed by atoms with Crippen molar-refractivity contribution in [3.63, 3.8) is 0 Å². The Morgan fingerprint density at radius 3 is 2.07 bits per heavy atom. The lowest BCUT2D eigenvalue weighted by molar-refractivity contribution is -0.114. The third-order valence-electron chi connectivity index (χ3n) is 4.01. The van der Waals surface area contributed by atoms with Crippen LogP contribution in [0.25, 0.3) is 0 Å². The molecule has 0 saturated carbocycles. The number of nitrogens with zero attached hydrogens (tertiary/aromatic N) is 1. The zero-order valence-electron chi connectivity index (χ0n) is 16.9. The fraction of sp³-hybridized carbons (Fsp3) is 0.316. The molecule has 2 aromatic carbocycles. The summed E-state index contributed by atoms with van der Waals surface area (Å²) in [6.07, 6.45) is 1.01. The lowest BCUT2D eigenvalue weighted by atomic mass is 10.2. The maximum Gasteiger partial charge on any atom is 0.245 e. The number of hydrogen-bond donors (Lipinski definition) is 1. The number of hydrogen-bond acceptors (Lipinski definition) is 7. The highest BCUT2D eigenvalue weighted by atomic mass is 32.2. The van der Waals surface area contributed by atoms with E-state index >= 15 is 0 Å². The number of anilines is 2. The van der Waals surface area contributed by atoms with Gasteiger partial charge < -0.3 is 24.3 Å². The summed E-state index contributed by atoms with van der Waals surface area (Å²) in [5.41, 5.74) is 0.621. The third kappa shape index (κ3) is 5.44. The predicted molar refractivity (Wildman–Crippen MR) is 110 cm³/mol. The van der Waals surface area contributed by atoms with Crippen LogP contribution in [0.5, 0.6) is 23.0 Å². The molecule has 0 bridgehead atoms. The zero-order chi connectivity index (χ0) is 21.6. The molecule has 0 radical (unpaired) electrons. The molecule has 9 nitrogen and oxygen atoms in total. The van der Waals surface area contributed by atoms with E-state index in [1.54, 1.807) is 30.3 Å². The topological polar surface area (TPSA) is 103 Å². The van der Waals surface area contributed by atoms with Crippen molar-refractivity contribution in [1.82, 2.24) is 0 Å². The van der Waals surface area contributed by atoms with Crippen LogP contribution in [0.3, 0.4) is 0 Å². The van der Waals surface area contributed by atoms with Gasteiger partial charge in [-0.1, -0.05) is 0 Å². The lowest BCUT2D eigenvalue weighted by Gasteiger charge is -2.24. The summed E-state index contributed by atoms with van der Waals surface area (Å²) >= 11 is 0. The second kappa shape index (κ2) is 9.37. The molecule has 0 saturated heterocycles. The minimum absolute atomic E-state index is 0.191. The predicted octanol–water partition coefficient (Wildman–Crippen LogP) is 2.13. The molecular weight excluding hydrogens is 400 g/mol. The van der Waals surface area contributed by atoms with Crippen LogP contribution in [0.15, 0.2) is 36.4 Å². The lowest BCUT2D eigenvalue weighted by Crippen LogP contribution is -2.37. The molecule has 29 heavy (non-hydrogen) atoms. The first kappa shape index (κ1) is 22.2. The van der Waals surface area contributed by atoms with Crippen LogP contribution in [-0.4, -0.2) is 55.6 Å². The van der Waals surface area contributed by atoms with Crippen molar-refractivity contribution in [1.29, 1.82) is 0 Å². The number of amides is 1. The van der Waals surface area contributed by atoms with Gasteiger partial charge >= 0.3 is 0 Å². The second-order valence-corrected chi connectivity index (χ2v) is 7.83. The fourth-order valence-electron chi connectivity index (χ4n) is 2.62. The first-order valence-corrected chi connectivity index (χ1v) is 10.3. The van der Waals surface area contributed by atoms with Gasteiger partial charge in [0.05, 0.1) is 40.4 Å². The van der Waals surface area contributed by atoms with E-state index in [0.717, 1.165) is 10.6 Å². The average molecular weight is 424 g/mol. The summed E-state index contributed by atoms with van der Waals surface area (Å²) < 4.78 is 46.5. The Morgan fingerprint density at radius 2 is 1.52 bits per heavy atom. The minimum Gasteiger partial charge on any atom is -0.497 e. The van der Waals surface area contributed by atoms with E-state index in [-0.39, 0.29) is 11.4 Å². The largest absolute Gasteiger partial charge is 0.497 e. The Bertz CT molecular complexity index is 977. The molecule has 0 aromatic heterocycles. The van der Waals surface area contributed by atoms with Gasteiger partial charge in [-0.05, 0) is 24.3 Å².